The molecule has 11 atom stereocenters. The number of ether oxygens (including phenoxy) is 6. The number of hydrogen-bond donors (Lipinski definition) is 4. The van der Waals surface area contributed by atoms with Gasteiger partial charge in [0.15, 0.2) is 23.6 Å². The SMILES string of the molecule is CC(=O)OC1C(=O)[C@]2(C)C(O)CC3OC[C@@]3(OC(C)=O)C2C(OC(=O)c2ccccc2)C2(O)CC(OC(=O)C(O)C(NC(=O)OCc3ccccc3)C3CCCCC3)C(C)=C1C2(C)C. The lowest BCUT2D eigenvalue weighted by Crippen LogP contribution is -2.82. The second-order valence-electron chi connectivity index (χ2n) is 18.8. The quantitative estimate of drug-likeness (QED) is 0.139. The third-order valence-electron chi connectivity index (χ3n) is 14.7. The molecule has 1 saturated heterocycles. The number of Topliss-reactive ketones (excluding diaryl/α,β-unsaturated/α-hetero) is 1. The van der Waals surface area contributed by atoms with Gasteiger partial charge in [0.05, 0.1) is 35.6 Å². The Hall–Kier alpha value is -5.16. The van der Waals surface area contributed by atoms with Crippen LogP contribution in [0.5, 0.6) is 0 Å². The number of fused-ring (bicyclic) bond motifs is 5. The fourth-order valence-corrected chi connectivity index (χ4v) is 11.2. The maximum Gasteiger partial charge on any atom is 0.407 e. The van der Waals surface area contributed by atoms with Crippen LogP contribution in [0.2, 0.25) is 0 Å². The Balaban J connectivity index is 1.33. The molecular formula is C48H59NO15. The molecule has 4 aliphatic carbocycles. The maximum absolute atomic E-state index is 15.5. The van der Waals surface area contributed by atoms with Gasteiger partial charge in [-0.25, -0.2) is 14.4 Å². The number of hydrogen-bond acceptors (Lipinski definition) is 15. The van der Waals surface area contributed by atoms with E-state index >= 15 is 4.79 Å². The van der Waals surface area contributed by atoms with E-state index in [1.54, 1.807) is 63.2 Å². The van der Waals surface area contributed by atoms with Gasteiger partial charge in [-0.05, 0) is 61.4 Å². The Kier molecular flexibility index (Phi) is 13.2. The molecule has 0 aromatic heterocycles. The number of carbonyl (C=O) groups is 6. The Morgan fingerprint density at radius 3 is 2.12 bits per heavy atom. The lowest BCUT2D eigenvalue weighted by Gasteiger charge is -2.67. The van der Waals surface area contributed by atoms with Crippen LogP contribution < -0.4 is 5.32 Å². The molecule has 1 amide bonds. The largest absolute Gasteiger partial charge is 0.456 e. The molecule has 4 N–H and O–H groups in total. The number of rotatable bonds is 11. The summed E-state index contributed by atoms with van der Waals surface area (Å²) in [5.41, 5.74) is -6.82. The molecule has 7 rings (SSSR count). The van der Waals surface area contributed by atoms with E-state index in [2.05, 4.69) is 5.32 Å². The first kappa shape index (κ1) is 46.8. The number of aliphatic hydroxyl groups excluding tert-OH is 2. The first-order valence-corrected chi connectivity index (χ1v) is 22.0. The third kappa shape index (κ3) is 8.22. The predicted molar refractivity (Wildman–Crippen MR) is 225 cm³/mol. The molecule has 0 spiro atoms. The van der Waals surface area contributed by atoms with Crippen molar-refractivity contribution >= 4 is 35.8 Å². The van der Waals surface area contributed by atoms with Gasteiger partial charge in [-0.15, -0.1) is 0 Å². The van der Waals surface area contributed by atoms with Crippen molar-refractivity contribution in [1.29, 1.82) is 0 Å². The van der Waals surface area contributed by atoms with Crippen LogP contribution in [0, 0.1) is 22.7 Å². The lowest BCUT2D eigenvalue weighted by molar-refractivity contribution is -0.346. The van der Waals surface area contributed by atoms with E-state index in [-0.39, 0.29) is 42.3 Å². The maximum atomic E-state index is 15.5. The lowest BCUT2D eigenvalue weighted by atomic mass is 9.44. The number of esters is 4. The fraction of sp³-hybridized carbons (Fsp3) is 0.583. The number of carbonyl (C=O) groups excluding carboxylic acids is 6. The molecule has 16 nitrogen and oxygen atoms in total. The van der Waals surface area contributed by atoms with E-state index in [1.807, 2.05) is 6.07 Å². The van der Waals surface area contributed by atoms with Crippen LogP contribution in [-0.2, 0) is 54.2 Å². The minimum absolute atomic E-state index is 0.0151. The number of amides is 1. The van der Waals surface area contributed by atoms with E-state index in [1.165, 1.54) is 19.1 Å². The number of ketones is 1. The van der Waals surface area contributed by atoms with Gasteiger partial charge in [-0.2, -0.15) is 0 Å². The standard InChI is InChI=1S/C48H59NO15/c1-26-32(62-43(56)37(53)36(30-18-12-8-13-19-30)49-44(57)59-24-29-16-10-7-11-17-29)23-48(58)41(63-42(55)31-20-14-9-15-21-31)39-46(6,33(52)22-34-47(39,25-60-34)64-28(3)51)40(54)38(61-27(2)50)35(26)45(48,4)5/h7,9-11,14-17,20-21,30,32-34,36-39,41,52-53,58H,8,12-13,18-19,22-25H2,1-6H3,(H,49,57)/t32?,33?,34?,36?,37?,38?,39?,41?,46-,47+,48?/m1/s1. The molecule has 5 aliphatic rings. The minimum atomic E-state index is -2.38. The van der Waals surface area contributed by atoms with Crippen LogP contribution in [0.15, 0.2) is 71.8 Å². The zero-order chi connectivity index (χ0) is 46.4. The molecule has 16 heteroatoms. The van der Waals surface area contributed by atoms with E-state index in [0.29, 0.717) is 12.8 Å². The first-order chi connectivity index (χ1) is 30.3. The van der Waals surface area contributed by atoms with Crippen LogP contribution in [0.25, 0.3) is 0 Å². The van der Waals surface area contributed by atoms with Gasteiger partial charge >= 0.3 is 30.0 Å². The van der Waals surface area contributed by atoms with Gasteiger partial charge in [-0.3, -0.25) is 14.4 Å². The highest BCUT2D eigenvalue weighted by Crippen LogP contribution is 2.64. The Morgan fingerprint density at radius 1 is 0.891 bits per heavy atom. The van der Waals surface area contributed by atoms with Crippen LogP contribution in [-0.4, -0.2) is 112 Å². The number of alkyl carbamates (subject to hydrolysis) is 1. The summed E-state index contributed by atoms with van der Waals surface area (Å²) < 4.78 is 35.9. The summed E-state index contributed by atoms with van der Waals surface area (Å²) in [5, 5.41) is 40.4. The minimum Gasteiger partial charge on any atom is -0.456 e. The van der Waals surface area contributed by atoms with Crippen molar-refractivity contribution in [3.63, 3.8) is 0 Å². The molecule has 1 heterocycles. The summed E-state index contributed by atoms with van der Waals surface area (Å²) in [6.45, 7) is 7.99. The molecule has 4 fully saturated rings. The van der Waals surface area contributed by atoms with Crippen molar-refractivity contribution in [2.75, 3.05) is 6.61 Å². The zero-order valence-electron chi connectivity index (χ0n) is 37.1. The van der Waals surface area contributed by atoms with Crippen molar-refractivity contribution in [2.45, 2.75) is 147 Å². The van der Waals surface area contributed by atoms with Gasteiger partial charge in [-0.1, -0.05) is 81.6 Å². The van der Waals surface area contributed by atoms with Crippen LogP contribution in [0.1, 0.15) is 102 Å². The van der Waals surface area contributed by atoms with E-state index in [4.69, 9.17) is 28.4 Å². The molecule has 2 aromatic rings. The van der Waals surface area contributed by atoms with Crippen molar-refractivity contribution in [3.8, 4) is 0 Å². The average Bonchev–Trinajstić information content (AvgIpc) is 3.26. The molecule has 2 bridgehead atoms. The second-order valence-corrected chi connectivity index (χ2v) is 18.8. The summed E-state index contributed by atoms with van der Waals surface area (Å²) in [5.74, 6) is -6.47. The Bertz CT molecular complexity index is 2150. The Morgan fingerprint density at radius 2 is 1.53 bits per heavy atom. The summed E-state index contributed by atoms with van der Waals surface area (Å²) >= 11 is 0. The highest BCUT2D eigenvalue weighted by molar-refractivity contribution is 5.95. The van der Waals surface area contributed by atoms with Gasteiger partial charge < -0.3 is 49.1 Å². The highest BCUT2D eigenvalue weighted by Gasteiger charge is 2.78. The molecular weight excluding hydrogens is 831 g/mol. The number of aliphatic hydroxyl groups is 3. The summed E-state index contributed by atoms with van der Waals surface area (Å²) in [7, 11) is 0. The van der Waals surface area contributed by atoms with Crippen molar-refractivity contribution in [1.82, 2.24) is 5.32 Å². The van der Waals surface area contributed by atoms with Gasteiger partial charge in [0.1, 0.15) is 30.5 Å². The zero-order valence-corrected chi connectivity index (χ0v) is 37.1. The van der Waals surface area contributed by atoms with Gasteiger partial charge in [0, 0.05) is 32.1 Å². The second kappa shape index (κ2) is 18.0. The van der Waals surface area contributed by atoms with Crippen LogP contribution in [0.3, 0.4) is 0 Å². The van der Waals surface area contributed by atoms with E-state index in [0.717, 1.165) is 38.7 Å². The monoisotopic (exact) mass is 889 g/mol. The summed E-state index contributed by atoms with van der Waals surface area (Å²) in [4.78, 5) is 83.5. The number of nitrogens with one attached hydrogen (secondary N) is 1. The number of benzene rings is 2. The Labute approximate surface area is 371 Å². The molecule has 2 aromatic carbocycles. The first-order valence-electron chi connectivity index (χ1n) is 22.0. The molecule has 1 aliphatic heterocycles. The van der Waals surface area contributed by atoms with E-state index < -0.39 is 113 Å². The predicted octanol–water partition coefficient (Wildman–Crippen LogP) is 4.44. The fourth-order valence-electron chi connectivity index (χ4n) is 11.2. The molecule has 64 heavy (non-hydrogen) atoms. The van der Waals surface area contributed by atoms with Gasteiger partial charge in [0.25, 0.3) is 0 Å². The van der Waals surface area contributed by atoms with Gasteiger partial charge in [0.2, 0.25) is 0 Å². The smallest absolute Gasteiger partial charge is 0.407 e. The van der Waals surface area contributed by atoms with Crippen molar-refractivity contribution in [3.05, 3.63) is 82.9 Å². The average molecular weight is 890 g/mol. The molecule has 9 unspecified atom stereocenters. The highest BCUT2D eigenvalue weighted by atomic mass is 16.6. The molecule has 0 radical (unpaired) electrons. The van der Waals surface area contributed by atoms with E-state index in [9.17, 15) is 39.3 Å². The molecule has 346 valence electrons. The van der Waals surface area contributed by atoms with Crippen molar-refractivity contribution in [2.24, 2.45) is 22.7 Å². The normalized spacial score (nSPS) is 33.0. The summed E-state index contributed by atoms with van der Waals surface area (Å²) in [6, 6.07) is 15.7. The van der Waals surface area contributed by atoms with Crippen LogP contribution >= 0.6 is 0 Å². The molecule has 3 saturated carbocycles. The topological polar surface area (TPSA) is 231 Å². The summed E-state index contributed by atoms with van der Waals surface area (Å²) in [6.07, 6.45) is -7.46. The van der Waals surface area contributed by atoms with Crippen LogP contribution in [0.4, 0.5) is 4.79 Å². The van der Waals surface area contributed by atoms with Crippen molar-refractivity contribution < 1.29 is 72.5 Å². The third-order valence-corrected chi connectivity index (χ3v) is 14.7.